The van der Waals surface area contributed by atoms with Crippen LogP contribution in [0.4, 0.5) is 0 Å². The topological polar surface area (TPSA) is 80.3 Å². The standard InChI is InChI=1S/3Ca.2ClH.H2O4S.2H/c;;;;;1-5(2,3)4;;/h;;;2*1H;(H2,1,2,3,4);;/q3*+2;;;;2*-1/p-4. The second-order valence-electron chi connectivity index (χ2n) is 0.408. The molecule has 0 aliphatic carbocycles. The summed E-state index contributed by atoms with van der Waals surface area (Å²) in [6, 6.07) is 0. The average molecular weight is 289 g/mol. The molecular formula is H2Ca3Cl2O4S. The van der Waals surface area contributed by atoms with E-state index in [9.17, 15) is 0 Å². The third-order valence-electron chi connectivity index (χ3n) is 0. The summed E-state index contributed by atoms with van der Waals surface area (Å²) in [5.74, 6) is 0. The molecule has 0 fully saturated rings. The number of hydrogen-bond donors (Lipinski definition) is 0. The number of rotatable bonds is 0. The van der Waals surface area contributed by atoms with Gasteiger partial charge in [-0.3, -0.25) is 8.42 Å². The molecule has 0 radical (unpaired) electrons. The van der Waals surface area contributed by atoms with E-state index in [-0.39, 0.29) is 141 Å². The van der Waals surface area contributed by atoms with Crippen molar-refractivity contribution in [2.24, 2.45) is 0 Å². The van der Waals surface area contributed by atoms with Crippen LogP contribution in [0.25, 0.3) is 0 Å². The van der Waals surface area contributed by atoms with Gasteiger partial charge in [0.1, 0.15) is 0 Å². The van der Waals surface area contributed by atoms with E-state index in [1.807, 2.05) is 0 Å². The van der Waals surface area contributed by atoms with E-state index in [0.717, 1.165) is 0 Å². The van der Waals surface area contributed by atoms with Crippen molar-refractivity contribution in [2.75, 3.05) is 0 Å². The quantitative estimate of drug-likeness (QED) is 0.252. The first-order chi connectivity index (χ1) is 2.00. The van der Waals surface area contributed by atoms with Gasteiger partial charge in [0, 0.05) is 10.4 Å². The largest absolute Gasteiger partial charge is 2.00 e. The Hall–Kier alpha value is 4.23. The summed E-state index contributed by atoms with van der Waals surface area (Å²) < 4.78 is 34.1. The zero-order chi connectivity index (χ0) is 4.50. The van der Waals surface area contributed by atoms with E-state index in [0.29, 0.717) is 0 Å². The van der Waals surface area contributed by atoms with E-state index in [4.69, 9.17) is 17.5 Å². The smallest absolute Gasteiger partial charge is 1.00 e. The minimum Gasteiger partial charge on any atom is -1.00 e. The Morgan fingerprint density at radius 2 is 0.900 bits per heavy atom. The molecule has 10 heteroatoms. The molecule has 0 atom stereocenters. The summed E-state index contributed by atoms with van der Waals surface area (Å²) in [5.41, 5.74) is 0. The van der Waals surface area contributed by atoms with Crippen molar-refractivity contribution in [1.29, 1.82) is 0 Å². The van der Waals surface area contributed by atoms with Crippen molar-refractivity contribution >= 4 is 124 Å². The second kappa shape index (κ2) is 18.9. The Labute approximate surface area is 165 Å². The van der Waals surface area contributed by atoms with Crippen LogP contribution in [0.1, 0.15) is 2.85 Å². The number of hydrogen-bond acceptors (Lipinski definition) is 4. The first kappa shape index (κ1) is 36.8. The van der Waals surface area contributed by atoms with Gasteiger partial charge >= 0.3 is 113 Å². The first-order valence-corrected chi connectivity index (χ1v) is 2.00. The molecule has 0 aliphatic heterocycles. The van der Waals surface area contributed by atoms with Gasteiger partial charge < -0.3 is 36.8 Å². The third kappa shape index (κ3) is 86.2. The maximum atomic E-state index is 8.52. The molecule has 52 valence electrons. The summed E-state index contributed by atoms with van der Waals surface area (Å²) >= 11 is 0. The first-order valence-electron chi connectivity index (χ1n) is 0.667. The molecule has 0 aromatic rings. The van der Waals surface area contributed by atoms with Crippen LogP contribution in [-0.2, 0) is 10.4 Å². The van der Waals surface area contributed by atoms with Gasteiger partial charge in [0.05, 0.1) is 0 Å². The molecular weight excluding hydrogens is 287 g/mol. The van der Waals surface area contributed by atoms with Crippen LogP contribution in [-0.4, -0.2) is 131 Å². The van der Waals surface area contributed by atoms with Gasteiger partial charge in [-0.25, -0.2) is 0 Å². The van der Waals surface area contributed by atoms with Gasteiger partial charge in [0.15, 0.2) is 0 Å². The maximum absolute atomic E-state index is 8.52. The van der Waals surface area contributed by atoms with Crippen molar-refractivity contribution in [2.45, 2.75) is 0 Å². The summed E-state index contributed by atoms with van der Waals surface area (Å²) in [6.07, 6.45) is 0. The fraction of sp³-hybridized carbons (Fsp3) is 0. The van der Waals surface area contributed by atoms with Crippen LogP contribution in [0.15, 0.2) is 0 Å². The van der Waals surface area contributed by atoms with Crippen molar-refractivity contribution in [3.8, 4) is 0 Å². The molecule has 10 heavy (non-hydrogen) atoms. The van der Waals surface area contributed by atoms with Gasteiger partial charge in [-0.15, -0.1) is 0 Å². The zero-order valence-corrected chi connectivity index (χ0v) is 13.9. The van der Waals surface area contributed by atoms with E-state index >= 15 is 0 Å². The molecule has 0 saturated heterocycles. The van der Waals surface area contributed by atoms with Crippen molar-refractivity contribution in [3.05, 3.63) is 0 Å². The van der Waals surface area contributed by atoms with Gasteiger partial charge in [0.25, 0.3) is 0 Å². The molecule has 0 spiro atoms. The van der Waals surface area contributed by atoms with Crippen molar-refractivity contribution in [3.63, 3.8) is 0 Å². The molecule has 0 aromatic heterocycles. The second-order valence-corrected chi connectivity index (χ2v) is 1.22. The van der Waals surface area contributed by atoms with Crippen molar-refractivity contribution in [1.82, 2.24) is 0 Å². The minimum absolute atomic E-state index is 0. The van der Waals surface area contributed by atoms with Gasteiger partial charge in [0.2, 0.25) is 0 Å². The summed E-state index contributed by atoms with van der Waals surface area (Å²) in [4.78, 5) is 0. The van der Waals surface area contributed by atoms with E-state index in [1.54, 1.807) is 0 Å². The summed E-state index contributed by atoms with van der Waals surface area (Å²) in [7, 11) is -5.17. The van der Waals surface area contributed by atoms with Gasteiger partial charge in [-0.1, -0.05) is 0 Å². The van der Waals surface area contributed by atoms with Crippen LogP contribution in [0.5, 0.6) is 0 Å². The Kier molecular flexibility index (Phi) is 69.5. The van der Waals surface area contributed by atoms with Gasteiger partial charge in [-0.05, 0) is 0 Å². The molecule has 0 amide bonds. The zero-order valence-electron chi connectivity index (χ0n) is 6.92. The molecule has 0 rings (SSSR count). The van der Waals surface area contributed by atoms with Crippen LogP contribution < -0.4 is 24.8 Å². The van der Waals surface area contributed by atoms with Crippen molar-refractivity contribution < 1.29 is 45.2 Å². The maximum Gasteiger partial charge on any atom is 2.00 e. The predicted molar refractivity (Wildman–Crippen MR) is 30.0 cm³/mol. The summed E-state index contributed by atoms with van der Waals surface area (Å²) in [5, 5.41) is 0. The average Bonchev–Trinajstić information content (AvgIpc) is 0.722. The minimum atomic E-state index is -5.17. The summed E-state index contributed by atoms with van der Waals surface area (Å²) in [6.45, 7) is 0. The van der Waals surface area contributed by atoms with Gasteiger partial charge in [-0.2, -0.15) is 0 Å². The van der Waals surface area contributed by atoms with Crippen LogP contribution >= 0.6 is 0 Å². The fourth-order valence-electron chi connectivity index (χ4n) is 0. The van der Waals surface area contributed by atoms with E-state index < -0.39 is 10.4 Å². The molecule has 0 saturated carbocycles. The SMILES string of the molecule is O=S(=O)([O-])[O-].[Ca+2].[Ca+2].[Ca+2].[Cl-].[Cl-].[H-].[H-]. The molecule has 0 N–H and O–H groups in total. The molecule has 0 heterocycles. The van der Waals surface area contributed by atoms with Crippen LogP contribution in [0.2, 0.25) is 0 Å². The van der Waals surface area contributed by atoms with Crippen LogP contribution in [0, 0.1) is 0 Å². The molecule has 0 aliphatic rings. The Morgan fingerprint density at radius 3 is 0.900 bits per heavy atom. The molecule has 0 aromatic carbocycles. The molecule has 0 bridgehead atoms. The van der Waals surface area contributed by atoms with Crippen LogP contribution in [0.3, 0.4) is 0 Å². The molecule has 0 unspecified atom stereocenters. The molecule has 4 nitrogen and oxygen atoms in total. The monoisotopic (exact) mass is 288 g/mol. The normalized spacial score (nSPS) is 5.80. The van der Waals surface area contributed by atoms with E-state index in [2.05, 4.69) is 0 Å². The Bertz CT molecular complexity index is 109. The fourth-order valence-corrected chi connectivity index (χ4v) is 0. The number of halogens is 2. The van der Waals surface area contributed by atoms with E-state index in [1.165, 1.54) is 0 Å². The Balaban J connectivity index is -0.00000000381. The third-order valence-corrected chi connectivity index (χ3v) is 0. The predicted octanol–water partition coefficient (Wildman–Crippen LogP) is -8.25. The Morgan fingerprint density at radius 1 is 0.900 bits per heavy atom.